The van der Waals surface area contributed by atoms with Crippen molar-refractivity contribution in [2.45, 2.75) is 32.6 Å². The van der Waals surface area contributed by atoms with E-state index in [0.717, 1.165) is 41.6 Å². The number of amides is 1. The minimum atomic E-state index is -0.324. The summed E-state index contributed by atoms with van der Waals surface area (Å²) in [7, 11) is 0. The van der Waals surface area contributed by atoms with Crippen LogP contribution in [-0.2, 0) is 4.79 Å². The monoisotopic (exact) mass is 337 g/mol. The SMILES string of the molecule is Cc1ccc(-n2ncc3c(=O)n(NC(=O)C4CCCC4)cnc32)cc1. The Morgan fingerprint density at radius 3 is 2.64 bits per heavy atom. The van der Waals surface area contributed by atoms with Gasteiger partial charge in [0.15, 0.2) is 5.65 Å². The van der Waals surface area contributed by atoms with E-state index in [9.17, 15) is 9.59 Å². The van der Waals surface area contributed by atoms with Gasteiger partial charge in [0.05, 0.1) is 11.9 Å². The fraction of sp³-hybridized carbons (Fsp3) is 0.333. The molecule has 0 spiro atoms. The van der Waals surface area contributed by atoms with Crippen LogP contribution in [0.5, 0.6) is 0 Å². The van der Waals surface area contributed by atoms with Crippen molar-refractivity contribution >= 4 is 16.9 Å². The van der Waals surface area contributed by atoms with Gasteiger partial charge >= 0.3 is 0 Å². The first-order valence-electron chi connectivity index (χ1n) is 8.47. The van der Waals surface area contributed by atoms with E-state index in [1.807, 2.05) is 31.2 Å². The van der Waals surface area contributed by atoms with Gasteiger partial charge in [-0.15, -0.1) is 0 Å². The molecular formula is C18H19N5O2. The number of benzene rings is 1. The lowest BCUT2D eigenvalue weighted by Gasteiger charge is -2.11. The normalized spacial score (nSPS) is 14.9. The van der Waals surface area contributed by atoms with Crippen LogP contribution < -0.4 is 11.0 Å². The molecule has 3 aromatic rings. The first kappa shape index (κ1) is 15.6. The molecule has 25 heavy (non-hydrogen) atoms. The van der Waals surface area contributed by atoms with Crippen molar-refractivity contribution in [1.82, 2.24) is 19.4 Å². The molecule has 1 N–H and O–H groups in total. The smallest absolute Gasteiger partial charge is 0.273 e. The number of nitrogens with one attached hydrogen (secondary N) is 1. The predicted molar refractivity (Wildman–Crippen MR) is 94.2 cm³/mol. The number of aryl methyl sites for hydroxylation is 1. The molecule has 1 amide bonds. The Bertz CT molecular complexity index is 981. The van der Waals surface area contributed by atoms with Crippen LogP contribution in [-0.4, -0.2) is 25.3 Å². The number of aromatic nitrogens is 4. The second kappa shape index (κ2) is 6.16. The summed E-state index contributed by atoms with van der Waals surface area (Å²) < 4.78 is 2.78. The van der Waals surface area contributed by atoms with Crippen LogP contribution in [0.2, 0.25) is 0 Å². The van der Waals surface area contributed by atoms with Crippen molar-refractivity contribution in [2.75, 3.05) is 5.43 Å². The third-order valence-corrected chi connectivity index (χ3v) is 4.72. The molecule has 1 saturated carbocycles. The third-order valence-electron chi connectivity index (χ3n) is 4.72. The predicted octanol–water partition coefficient (Wildman–Crippen LogP) is 2.15. The van der Waals surface area contributed by atoms with Gasteiger partial charge in [-0.1, -0.05) is 30.5 Å². The van der Waals surface area contributed by atoms with Crippen LogP contribution in [0.3, 0.4) is 0 Å². The molecule has 2 heterocycles. The van der Waals surface area contributed by atoms with Gasteiger partial charge in [-0.25, -0.2) is 14.3 Å². The van der Waals surface area contributed by atoms with Gasteiger partial charge in [0.25, 0.3) is 5.56 Å². The Morgan fingerprint density at radius 1 is 1.20 bits per heavy atom. The fourth-order valence-electron chi connectivity index (χ4n) is 3.26. The van der Waals surface area contributed by atoms with Gasteiger partial charge in [-0.3, -0.25) is 15.0 Å². The van der Waals surface area contributed by atoms with Crippen molar-refractivity contribution in [1.29, 1.82) is 0 Å². The minimum absolute atomic E-state index is 0.0159. The quantitative estimate of drug-likeness (QED) is 0.794. The Labute approximate surface area is 144 Å². The summed E-state index contributed by atoms with van der Waals surface area (Å²) in [6.07, 6.45) is 6.72. The topological polar surface area (TPSA) is 81.8 Å². The lowest BCUT2D eigenvalue weighted by Crippen LogP contribution is -2.36. The molecule has 128 valence electrons. The van der Waals surface area contributed by atoms with E-state index >= 15 is 0 Å². The van der Waals surface area contributed by atoms with Crippen LogP contribution in [0.15, 0.2) is 41.6 Å². The largest absolute Gasteiger partial charge is 0.283 e. The van der Waals surface area contributed by atoms with E-state index in [1.54, 1.807) is 4.68 Å². The highest BCUT2D eigenvalue weighted by Crippen LogP contribution is 2.24. The van der Waals surface area contributed by atoms with Crippen LogP contribution in [0.4, 0.5) is 0 Å². The molecule has 0 saturated heterocycles. The van der Waals surface area contributed by atoms with Gasteiger partial charge in [0, 0.05) is 5.92 Å². The molecule has 1 fully saturated rings. The number of carbonyl (C=O) groups is 1. The molecule has 0 aliphatic heterocycles. The van der Waals surface area contributed by atoms with Crippen molar-refractivity contribution < 1.29 is 4.79 Å². The van der Waals surface area contributed by atoms with Gasteiger partial charge in [0.2, 0.25) is 5.91 Å². The minimum Gasteiger partial charge on any atom is -0.273 e. The average molecular weight is 337 g/mol. The summed E-state index contributed by atoms with van der Waals surface area (Å²) in [6.45, 7) is 2.01. The highest BCUT2D eigenvalue weighted by molar-refractivity contribution is 5.86. The van der Waals surface area contributed by atoms with Crippen LogP contribution >= 0.6 is 0 Å². The standard InChI is InChI=1S/C18H19N5O2/c1-12-6-8-14(9-7-12)23-16-15(10-20-23)18(25)22(11-19-16)21-17(24)13-4-2-3-5-13/h6-11,13H,2-5H2,1H3,(H,21,24). The fourth-order valence-corrected chi connectivity index (χ4v) is 3.26. The summed E-state index contributed by atoms with van der Waals surface area (Å²) in [6, 6.07) is 7.81. The van der Waals surface area contributed by atoms with Crippen molar-refractivity contribution in [3.05, 3.63) is 52.7 Å². The van der Waals surface area contributed by atoms with Gasteiger partial charge < -0.3 is 0 Å². The lowest BCUT2D eigenvalue weighted by atomic mass is 10.1. The second-order valence-corrected chi connectivity index (χ2v) is 6.51. The molecule has 0 unspecified atom stereocenters. The summed E-state index contributed by atoms with van der Waals surface area (Å²) in [4.78, 5) is 29.2. The van der Waals surface area contributed by atoms with Crippen molar-refractivity contribution in [3.63, 3.8) is 0 Å². The third kappa shape index (κ3) is 2.82. The Kier molecular flexibility index (Phi) is 3.83. The number of carbonyl (C=O) groups excluding carboxylic acids is 1. The summed E-state index contributed by atoms with van der Waals surface area (Å²) in [5, 5.41) is 4.65. The van der Waals surface area contributed by atoms with Crippen LogP contribution in [0, 0.1) is 12.8 Å². The lowest BCUT2D eigenvalue weighted by molar-refractivity contribution is -0.120. The van der Waals surface area contributed by atoms with Gasteiger partial charge in [-0.2, -0.15) is 5.10 Å². The average Bonchev–Trinajstić information content (AvgIpc) is 3.28. The highest BCUT2D eigenvalue weighted by Gasteiger charge is 2.23. The Hall–Kier alpha value is -2.96. The van der Waals surface area contributed by atoms with E-state index in [-0.39, 0.29) is 17.4 Å². The molecule has 7 nitrogen and oxygen atoms in total. The maximum Gasteiger partial charge on any atom is 0.283 e. The van der Waals surface area contributed by atoms with Crippen molar-refractivity contribution in [2.24, 2.45) is 5.92 Å². The first-order chi connectivity index (χ1) is 12.1. The Morgan fingerprint density at radius 2 is 1.92 bits per heavy atom. The number of fused-ring (bicyclic) bond motifs is 1. The molecule has 0 bridgehead atoms. The number of hydrogen-bond acceptors (Lipinski definition) is 4. The van der Waals surface area contributed by atoms with Crippen LogP contribution in [0.1, 0.15) is 31.2 Å². The second-order valence-electron chi connectivity index (χ2n) is 6.51. The molecule has 2 aromatic heterocycles. The van der Waals surface area contributed by atoms with Gasteiger partial charge in [0.1, 0.15) is 11.7 Å². The number of hydrogen-bond donors (Lipinski definition) is 1. The molecule has 7 heteroatoms. The zero-order valence-electron chi connectivity index (χ0n) is 14.0. The van der Waals surface area contributed by atoms with E-state index in [2.05, 4.69) is 15.5 Å². The number of rotatable bonds is 3. The molecule has 1 aliphatic rings. The molecule has 1 aromatic carbocycles. The van der Waals surface area contributed by atoms with E-state index in [1.165, 1.54) is 12.5 Å². The van der Waals surface area contributed by atoms with Gasteiger partial charge in [-0.05, 0) is 31.9 Å². The summed E-state index contributed by atoms with van der Waals surface area (Å²) in [5.74, 6) is -0.135. The maximum absolute atomic E-state index is 12.6. The highest BCUT2D eigenvalue weighted by atomic mass is 16.2. The molecule has 0 radical (unpaired) electrons. The van der Waals surface area contributed by atoms with E-state index in [4.69, 9.17) is 0 Å². The van der Waals surface area contributed by atoms with Crippen LogP contribution in [0.25, 0.3) is 16.7 Å². The van der Waals surface area contributed by atoms with E-state index in [0.29, 0.717) is 11.0 Å². The molecule has 1 aliphatic carbocycles. The zero-order valence-corrected chi connectivity index (χ0v) is 14.0. The molecule has 4 rings (SSSR count). The zero-order chi connectivity index (χ0) is 17.4. The number of nitrogens with zero attached hydrogens (tertiary/aromatic N) is 4. The Balaban J connectivity index is 1.68. The molecule has 0 atom stereocenters. The first-order valence-corrected chi connectivity index (χ1v) is 8.47. The van der Waals surface area contributed by atoms with E-state index < -0.39 is 0 Å². The maximum atomic E-state index is 12.6. The molecular weight excluding hydrogens is 318 g/mol. The van der Waals surface area contributed by atoms with Crippen molar-refractivity contribution in [3.8, 4) is 5.69 Å². The summed E-state index contributed by atoms with van der Waals surface area (Å²) >= 11 is 0. The summed E-state index contributed by atoms with van der Waals surface area (Å²) in [5.41, 5.74) is 4.79.